The Labute approximate surface area is 127 Å². The van der Waals surface area contributed by atoms with Gasteiger partial charge in [-0.1, -0.05) is 15.9 Å². The van der Waals surface area contributed by atoms with Gasteiger partial charge in [0.2, 0.25) is 0 Å². The second-order valence-corrected chi connectivity index (χ2v) is 5.67. The molecule has 1 amide bonds. The summed E-state index contributed by atoms with van der Waals surface area (Å²) in [6, 6.07) is 7.48. The zero-order valence-corrected chi connectivity index (χ0v) is 13.2. The van der Waals surface area contributed by atoms with E-state index in [0.29, 0.717) is 11.3 Å². The molecule has 1 aromatic carbocycles. The topological polar surface area (TPSA) is 45.2 Å². The normalized spacial score (nSPS) is 10.2. The number of hydrogen-bond donors (Lipinski definition) is 1. The van der Waals surface area contributed by atoms with Gasteiger partial charge in [-0.2, -0.15) is 0 Å². The number of carbonyl (C=O) groups excluding carboxylic acids is 1. The summed E-state index contributed by atoms with van der Waals surface area (Å²) in [5.41, 5.74) is 3.26. The van der Waals surface area contributed by atoms with Crippen molar-refractivity contribution in [3.05, 3.63) is 52.3 Å². The van der Waals surface area contributed by atoms with Crippen molar-refractivity contribution in [1.29, 1.82) is 0 Å². The van der Waals surface area contributed by atoms with Gasteiger partial charge in [0.15, 0.2) is 0 Å². The van der Waals surface area contributed by atoms with Gasteiger partial charge in [0, 0.05) is 30.3 Å². The number of halogens is 1. The highest BCUT2D eigenvalue weighted by atomic mass is 79.9. The predicted octanol–water partition coefficient (Wildman–Crippen LogP) is 3.47. The molecule has 1 heterocycles. The minimum Gasteiger partial charge on any atom is -0.376 e. The molecule has 20 heavy (non-hydrogen) atoms. The molecule has 0 radical (unpaired) electrons. The summed E-state index contributed by atoms with van der Waals surface area (Å²) < 4.78 is 0.890. The van der Waals surface area contributed by atoms with Crippen LogP contribution in [-0.4, -0.2) is 25.0 Å². The largest absolute Gasteiger partial charge is 0.376 e. The summed E-state index contributed by atoms with van der Waals surface area (Å²) in [5.74, 6) is -0.148. The molecule has 0 atom stereocenters. The molecule has 0 aliphatic rings. The van der Waals surface area contributed by atoms with Crippen LogP contribution in [0.15, 0.2) is 41.1 Å². The quantitative estimate of drug-likeness (QED) is 0.935. The van der Waals surface area contributed by atoms with Crippen molar-refractivity contribution in [3.8, 4) is 0 Å². The number of rotatable bonds is 3. The van der Waals surface area contributed by atoms with Gasteiger partial charge in [-0.05, 0) is 36.8 Å². The van der Waals surface area contributed by atoms with E-state index in [1.807, 2.05) is 44.1 Å². The summed E-state index contributed by atoms with van der Waals surface area (Å²) in [4.78, 5) is 18.3. The maximum Gasteiger partial charge on any atom is 0.255 e. The Morgan fingerprint density at radius 2 is 2.05 bits per heavy atom. The molecular weight excluding hydrogens is 318 g/mol. The lowest BCUT2D eigenvalue weighted by Gasteiger charge is -2.17. The lowest BCUT2D eigenvalue weighted by atomic mass is 10.1. The summed E-state index contributed by atoms with van der Waals surface area (Å²) in [5, 5.41) is 2.90. The van der Waals surface area contributed by atoms with E-state index >= 15 is 0 Å². The maximum atomic E-state index is 12.3. The number of benzene rings is 1. The van der Waals surface area contributed by atoms with Crippen LogP contribution in [0.1, 0.15) is 15.9 Å². The standard InChI is InChI=1S/C15H16BrN3O/c1-10-6-11(8-12(16)7-10)15(20)18-13-9-17-5-4-14(13)19(2)3/h4-9H,1-3H3,(H,18,20). The Bertz CT molecular complexity index is 621. The van der Waals surface area contributed by atoms with Gasteiger partial charge in [-0.25, -0.2) is 0 Å². The lowest BCUT2D eigenvalue weighted by molar-refractivity contribution is 0.102. The third kappa shape index (κ3) is 3.36. The van der Waals surface area contributed by atoms with Crippen LogP contribution in [0.2, 0.25) is 0 Å². The minimum absolute atomic E-state index is 0.148. The molecule has 0 aliphatic carbocycles. The van der Waals surface area contributed by atoms with Gasteiger partial charge in [0.25, 0.3) is 5.91 Å². The lowest BCUT2D eigenvalue weighted by Crippen LogP contribution is -2.17. The maximum absolute atomic E-state index is 12.3. The first-order valence-corrected chi connectivity index (χ1v) is 6.96. The second-order valence-electron chi connectivity index (χ2n) is 4.76. The number of pyridine rings is 1. The molecule has 0 saturated heterocycles. The highest BCUT2D eigenvalue weighted by Gasteiger charge is 2.11. The number of aryl methyl sites for hydroxylation is 1. The van der Waals surface area contributed by atoms with E-state index in [4.69, 9.17) is 0 Å². The van der Waals surface area contributed by atoms with Crippen molar-refractivity contribution < 1.29 is 4.79 Å². The first-order valence-electron chi connectivity index (χ1n) is 6.17. The average Bonchev–Trinajstić information content (AvgIpc) is 2.37. The Balaban J connectivity index is 2.28. The molecule has 0 aliphatic heterocycles. The fraction of sp³-hybridized carbons (Fsp3) is 0.200. The Morgan fingerprint density at radius 1 is 1.30 bits per heavy atom. The summed E-state index contributed by atoms with van der Waals surface area (Å²) in [6.07, 6.45) is 3.35. The highest BCUT2D eigenvalue weighted by molar-refractivity contribution is 9.10. The van der Waals surface area contributed by atoms with Gasteiger partial charge < -0.3 is 10.2 Å². The van der Waals surface area contributed by atoms with Gasteiger partial charge in [0.05, 0.1) is 17.6 Å². The SMILES string of the molecule is Cc1cc(Br)cc(C(=O)Nc2cnccc2N(C)C)c1. The van der Waals surface area contributed by atoms with Crippen molar-refractivity contribution in [2.45, 2.75) is 6.92 Å². The molecule has 1 aromatic heterocycles. The van der Waals surface area contributed by atoms with E-state index < -0.39 is 0 Å². The van der Waals surface area contributed by atoms with Crippen LogP contribution >= 0.6 is 15.9 Å². The first kappa shape index (κ1) is 14.5. The number of amides is 1. The molecule has 0 fully saturated rings. The third-order valence-corrected chi connectivity index (χ3v) is 3.29. The number of nitrogens with zero attached hydrogens (tertiary/aromatic N) is 2. The molecule has 0 unspecified atom stereocenters. The van der Waals surface area contributed by atoms with Gasteiger partial charge in [-0.15, -0.1) is 0 Å². The van der Waals surface area contributed by atoms with Crippen LogP contribution in [0.5, 0.6) is 0 Å². The van der Waals surface area contributed by atoms with Crippen LogP contribution in [-0.2, 0) is 0 Å². The van der Waals surface area contributed by atoms with E-state index in [1.54, 1.807) is 18.5 Å². The Kier molecular flexibility index (Phi) is 4.39. The molecule has 2 rings (SSSR count). The summed E-state index contributed by atoms with van der Waals surface area (Å²) in [7, 11) is 3.85. The number of hydrogen-bond acceptors (Lipinski definition) is 3. The van der Waals surface area contributed by atoms with Crippen molar-refractivity contribution in [2.24, 2.45) is 0 Å². The van der Waals surface area contributed by atoms with E-state index in [0.717, 1.165) is 15.7 Å². The van der Waals surface area contributed by atoms with Crippen LogP contribution in [0.4, 0.5) is 11.4 Å². The van der Waals surface area contributed by atoms with E-state index in [1.165, 1.54) is 0 Å². The molecule has 0 bridgehead atoms. The van der Waals surface area contributed by atoms with Gasteiger partial charge in [-0.3, -0.25) is 9.78 Å². The fourth-order valence-corrected chi connectivity index (χ4v) is 2.54. The zero-order valence-electron chi connectivity index (χ0n) is 11.6. The van der Waals surface area contributed by atoms with Crippen molar-refractivity contribution >= 4 is 33.2 Å². The number of nitrogens with one attached hydrogen (secondary N) is 1. The predicted molar refractivity (Wildman–Crippen MR) is 85.4 cm³/mol. The van der Waals surface area contributed by atoms with E-state index in [-0.39, 0.29) is 5.91 Å². The molecule has 0 saturated carbocycles. The van der Waals surface area contributed by atoms with Gasteiger partial charge >= 0.3 is 0 Å². The smallest absolute Gasteiger partial charge is 0.255 e. The molecule has 2 aromatic rings. The second kappa shape index (κ2) is 6.05. The summed E-state index contributed by atoms with van der Waals surface area (Å²) >= 11 is 3.40. The van der Waals surface area contributed by atoms with Crippen LogP contribution < -0.4 is 10.2 Å². The third-order valence-electron chi connectivity index (χ3n) is 2.83. The first-order chi connectivity index (χ1) is 9.47. The molecule has 4 nitrogen and oxygen atoms in total. The molecule has 1 N–H and O–H groups in total. The molecule has 0 spiro atoms. The van der Waals surface area contributed by atoms with Gasteiger partial charge in [0.1, 0.15) is 0 Å². The Morgan fingerprint density at radius 3 is 2.70 bits per heavy atom. The van der Waals surface area contributed by atoms with E-state index in [2.05, 4.69) is 26.2 Å². The number of anilines is 2. The molecule has 5 heteroatoms. The average molecular weight is 334 g/mol. The van der Waals surface area contributed by atoms with E-state index in [9.17, 15) is 4.79 Å². The zero-order chi connectivity index (χ0) is 14.7. The summed E-state index contributed by atoms with van der Waals surface area (Å²) in [6.45, 7) is 1.96. The highest BCUT2D eigenvalue weighted by Crippen LogP contribution is 2.23. The van der Waals surface area contributed by atoms with Crippen LogP contribution in [0.25, 0.3) is 0 Å². The number of aromatic nitrogens is 1. The molecular formula is C15H16BrN3O. The van der Waals surface area contributed by atoms with Crippen LogP contribution in [0.3, 0.4) is 0 Å². The van der Waals surface area contributed by atoms with Crippen LogP contribution in [0, 0.1) is 6.92 Å². The van der Waals surface area contributed by atoms with Crippen molar-refractivity contribution in [1.82, 2.24) is 4.98 Å². The molecule has 104 valence electrons. The fourth-order valence-electron chi connectivity index (χ4n) is 1.94. The Hall–Kier alpha value is -1.88. The number of carbonyl (C=O) groups is 1. The minimum atomic E-state index is -0.148. The van der Waals surface area contributed by atoms with Crippen molar-refractivity contribution in [3.63, 3.8) is 0 Å². The van der Waals surface area contributed by atoms with Crippen molar-refractivity contribution in [2.75, 3.05) is 24.3 Å². The monoisotopic (exact) mass is 333 g/mol.